The van der Waals surface area contributed by atoms with Crippen LogP contribution in [-0.4, -0.2) is 58.4 Å². The molecule has 3 heterocycles. The first-order valence-electron chi connectivity index (χ1n) is 8.05. The maximum Gasteiger partial charge on any atom is 0.272 e. The van der Waals surface area contributed by atoms with Gasteiger partial charge in [0.15, 0.2) is 5.79 Å². The Morgan fingerprint density at radius 2 is 1.91 bits per heavy atom. The van der Waals surface area contributed by atoms with Crippen LogP contribution in [0, 0.1) is 0 Å². The zero-order chi connectivity index (χ0) is 16.5. The molecule has 0 radical (unpaired) electrons. The second-order valence-corrected chi connectivity index (χ2v) is 7.04. The van der Waals surface area contributed by atoms with Crippen molar-refractivity contribution in [3.05, 3.63) is 18.0 Å². The van der Waals surface area contributed by atoms with Crippen LogP contribution in [0.5, 0.6) is 0 Å². The van der Waals surface area contributed by atoms with E-state index in [1.54, 1.807) is 17.2 Å². The summed E-state index contributed by atoms with van der Waals surface area (Å²) in [5, 5.41) is 3.19. The van der Waals surface area contributed by atoms with E-state index in [2.05, 4.69) is 15.3 Å². The van der Waals surface area contributed by atoms with E-state index in [9.17, 15) is 4.79 Å². The van der Waals surface area contributed by atoms with E-state index >= 15 is 0 Å². The molecular formula is C16H24N4O3. The number of hydrogen-bond acceptors (Lipinski definition) is 6. The van der Waals surface area contributed by atoms with Gasteiger partial charge in [0, 0.05) is 37.7 Å². The Morgan fingerprint density at radius 1 is 1.26 bits per heavy atom. The lowest BCUT2D eigenvalue weighted by atomic mass is 10.0. The van der Waals surface area contributed by atoms with Crippen molar-refractivity contribution in [2.24, 2.45) is 0 Å². The van der Waals surface area contributed by atoms with Gasteiger partial charge in [-0.3, -0.25) is 4.79 Å². The lowest BCUT2D eigenvalue weighted by Crippen LogP contribution is -2.47. The molecule has 1 amide bonds. The standard InChI is InChI=1S/C16H24N4O3/c1-15(2,3)19-14-17-7-4-12(18-14)13(21)20-8-5-16(6-9-20)22-10-11-23-16/h4,7H,5-6,8-11H2,1-3H3,(H,17,18,19). The van der Waals surface area contributed by atoms with Crippen molar-refractivity contribution in [2.45, 2.75) is 44.9 Å². The van der Waals surface area contributed by atoms with Gasteiger partial charge >= 0.3 is 0 Å². The summed E-state index contributed by atoms with van der Waals surface area (Å²) in [5.74, 6) is -0.0713. The van der Waals surface area contributed by atoms with Crippen LogP contribution in [0.4, 0.5) is 5.95 Å². The average Bonchev–Trinajstić information content (AvgIpc) is 2.94. The van der Waals surface area contributed by atoms with Gasteiger partial charge in [-0.25, -0.2) is 9.97 Å². The number of amides is 1. The molecule has 2 aliphatic rings. The summed E-state index contributed by atoms with van der Waals surface area (Å²) in [6, 6.07) is 1.66. The quantitative estimate of drug-likeness (QED) is 0.893. The van der Waals surface area contributed by atoms with Crippen LogP contribution in [0.25, 0.3) is 0 Å². The molecule has 3 rings (SSSR count). The topological polar surface area (TPSA) is 76.6 Å². The van der Waals surface area contributed by atoms with Gasteiger partial charge in [-0.2, -0.15) is 0 Å². The number of ether oxygens (including phenoxy) is 2. The average molecular weight is 320 g/mol. The lowest BCUT2D eigenvalue weighted by Gasteiger charge is -2.37. The highest BCUT2D eigenvalue weighted by Gasteiger charge is 2.41. The molecule has 126 valence electrons. The van der Waals surface area contributed by atoms with Crippen molar-refractivity contribution in [3.63, 3.8) is 0 Å². The summed E-state index contributed by atoms with van der Waals surface area (Å²) in [6.07, 6.45) is 3.02. The summed E-state index contributed by atoms with van der Waals surface area (Å²) in [5.41, 5.74) is 0.257. The molecule has 2 fully saturated rings. The highest BCUT2D eigenvalue weighted by molar-refractivity contribution is 5.92. The second kappa shape index (κ2) is 6.05. The Hall–Kier alpha value is -1.73. The van der Waals surface area contributed by atoms with Crippen molar-refractivity contribution in [1.82, 2.24) is 14.9 Å². The van der Waals surface area contributed by atoms with Gasteiger partial charge in [-0.1, -0.05) is 0 Å². The molecule has 2 saturated heterocycles. The molecule has 0 aromatic carbocycles. The Bertz CT molecular complexity index is 569. The summed E-state index contributed by atoms with van der Waals surface area (Å²) < 4.78 is 11.4. The minimum atomic E-state index is -0.471. The van der Waals surface area contributed by atoms with E-state index in [0.717, 1.165) is 0 Å². The molecule has 23 heavy (non-hydrogen) atoms. The highest BCUT2D eigenvalue weighted by Crippen LogP contribution is 2.31. The maximum absolute atomic E-state index is 12.6. The first-order valence-corrected chi connectivity index (χ1v) is 8.05. The van der Waals surface area contributed by atoms with Gasteiger partial charge in [0.25, 0.3) is 5.91 Å². The van der Waals surface area contributed by atoms with Crippen LogP contribution in [-0.2, 0) is 9.47 Å². The maximum atomic E-state index is 12.6. The van der Waals surface area contributed by atoms with Gasteiger partial charge in [0.2, 0.25) is 5.95 Å². The molecule has 1 spiro atoms. The van der Waals surface area contributed by atoms with Gasteiger partial charge < -0.3 is 19.7 Å². The van der Waals surface area contributed by atoms with E-state index in [4.69, 9.17) is 9.47 Å². The minimum Gasteiger partial charge on any atom is -0.350 e. The Kier molecular flexibility index (Phi) is 4.25. The molecule has 0 atom stereocenters. The number of nitrogens with zero attached hydrogens (tertiary/aromatic N) is 3. The molecule has 2 aliphatic heterocycles. The Morgan fingerprint density at radius 3 is 2.52 bits per heavy atom. The van der Waals surface area contributed by atoms with Gasteiger partial charge in [0.1, 0.15) is 5.69 Å². The Labute approximate surface area is 136 Å². The predicted octanol–water partition coefficient (Wildman–Crippen LogP) is 1.67. The van der Waals surface area contributed by atoms with Crippen molar-refractivity contribution in [3.8, 4) is 0 Å². The number of hydrogen-bond donors (Lipinski definition) is 1. The molecular weight excluding hydrogens is 296 g/mol. The number of nitrogens with one attached hydrogen (secondary N) is 1. The smallest absolute Gasteiger partial charge is 0.272 e. The fourth-order valence-corrected chi connectivity index (χ4v) is 2.87. The molecule has 7 nitrogen and oxygen atoms in total. The number of piperidine rings is 1. The second-order valence-electron chi connectivity index (χ2n) is 7.04. The van der Waals surface area contributed by atoms with Crippen LogP contribution in [0.15, 0.2) is 12.3 Å². The molecule has 0 aliphatic carbocycles. The number of likely N-dealkylation sites (tertiary alicyclic amines) is 1. The number of anilines is 1. The van der Waals surface area contributed by atoms with E-state index in [-0.39, 0.29) is 11.4 Å². The fraction of sp³-hybridized carbons (Fsp3) is 0.688. The number of carbonyl (C=O) groups is 1. The van der Waals surface area contributed by atoms with Gasteiger partial charge in [-0.15, -0.1) is 0 Å². The molecule has 1 aromatic heterocycles. The zero-order valence-electron chi connectivity index (χ0n) is 14.0. The van der Waals surface area contributed by atoms with E-state index in [1.807, 2.05) is 20.8 Å². The number of carbonyl (C=O) groups excluding carboxylic acids is 1. The SMILES string of the molecule is CC(C)(C)Nc1nccc(C(=O)N2CCC3(CC2)OCCO3)n1. The first-order chi connectivity index (χ1) is 10.9. The first kappa shape index (κ1) is 16.1. The van der Waals surface area contributed by atoms with Crippen molar-refractivity contribution in [2.75, 3.05) is 31.6 Å². The van der Waals surface area contributed by atoms with Gasteiger partial charge in [-0.05, 0) is 26.8 Å². The summed E-state index contributed by atoms with van der Waals surface area (Å²) in [4.78, 5) is 23.0. The van der Waals surface area contributed by atoms with Gasteiger partial charge in [0.05, 0.1) is 13.2 Å². The summed E-state index contributed by atoms with van der Waals surface area (Å²) in [6.45, 7) is 8.59. The van der Waals surface area contributed by atoms with Crippen molar-refractivity contribution < 1.29 is 14.3 Å². The third-order valence-electron chi connectivity index (χ3n) is 3.99. The minimum absolute atomic E-state index is 0.0720. The molecule has 7 heteroatoms. The third kappa shape index (κ3) is 3.79. The van der Waals surface area contributed by atoms with Crippen LogP contribution in [0.3, 0.4) is 0 Å². The van der Waals surface area contributed by atoms with Crippen LogP contribution in [0.1, 0.15) is 44.1 Å². The highest BCUT2D eigenvalue weighted by atomic mass is 16.7. The van der Waals surface area contributed by atoms with Crippen molar-refractivity contribution >= 4 is 11.9 Å². The summed E-state index contributed by atoms with van der Waals surface area (Å²) >= 11 is 0. The van der Waals surface area contributed by atoms with E-state index in [1.165, 1.54) is 0 Å². The number of aromatic nitrogens is 2. The number of rotatable bonds is 2. The molecule has 1 N–H and O–H groups in total. The molecule has 0 unspecified atom stereocenters. The van der Waals surface area contributed by atoms with Crippen LogP contribution in [0.2, 0.25) is 0 Å². The molecule has 1 aromatic rings. The normalized spacial score (nSPS) is 20.7. The monoisotopic (exact) mass is 320 g/mol. The van der Waals surface area contributed by atoms with Crippen LogP contribution >= 0.6 is 0 Å². The summed E-state index contributed by atoms with van der Waals surface area (Å²) in [7, 11) is 0. The molecule has 0 bridgehead atoms. The third-order valence-corrected chi connectivity index (χ3v) is 3.99. The lowest BCUT2D eigenvalue weighted by molar-refractivity contribution is -0.181. The predicted molar refractivity (Wildman–Crippen MR) is 85.2 cm³/mol. The zero-order valence-corrected chi connectivity index (χ0v) is 14.0. The van der Waals surface area contributed by atoms with E-state index in [0.29, 0.717) is 50.8 Å². The molecule has 0 saturated carbocycles. The van der Waals surface area contributed by atoms with Crippen molar-refractivity contribution in [1.29, 1.82) is 0 Å². The fourth-order valence-electron chi connectivity index (χ4n) is 2.87. The largest absolute Gasteiger partial charge is 0.350 e. The Balaban J connectivity index is 1.65. The van der Waals surface area contributed by atoms with Crippen LogP contribution < -0.4 is 5.32 Å². The van der Waals surface area contributed by atoms with E-state index < -0.39 is 5.79 Å².